The molecule has 1 N–H and O–H groups in total. The van der Waals surface area contributed by atoms with E-state index in [4.69, 9.17) is 9.84 Å². The minimum Gasteiger partial charge on any atom is -0.481 e. The van der Waals surface area contributed by atoms with Gasteiger partial charge in [-0.25, -0.2) is 0 Å². The van der Waals surface area contributed by atoms with Crippen LogP contribution in [0.15, 0.2) is 0 Å². The topological polar surface area (TPSA) is 66.8 Å². The van der Waals surface area contributed by atoms with Gasteiger partial charge in [0.15, 0.2) is 0 Å². The molecule has 1 aliphatic heterocycles. The molecule has 1 rings (SSSR count). The molecule has 19 heavy (non-hydrogen) atoms. The molecule has 1 saturated heterocycles. The lowest BCUT2D eigenvalue weighted by molar-refractivity contribution is -0.144. The van der Waals surface area contributed by atoms with E-state index >= 15 is 0 Å². The lowest BCUT2D eigenvalue weighted by Crippen LogP contribution is -2.50. The van der Waals surface area contributed by atoms with Crippen LogP contribution >= 0.6 is 11.8 Å². The number of carboxylic acid groups (broad SMARTS) is 1. The number of morpholine rings is 1. The summed E-state index contributed by atoms with van der Waals surface area (Å²) in [5.74, 6) is -2.96. The zero-order chi connectivity index (χ0) is 14.5. The van der Waals surface area contributed by atoms with Gasteiger partial charge in [0.2, 0.25) is 5.91 Å². The normalized spacial score (nSPS) is 20.4. The van der Waals surface area contributed by atoms with Crippen molar-refractivity contribution >= 4 is 23.6 Å². The molecule has 9 heteroatoms. The highest BCUT2D eigenvalue weighted by atomic mass is 32.2. The third-order valence-corrected chi connectivity index (χ3v) is 3.43. The number of alkyl halides is 3. The van der Waals surface area contributed by atoms with Crippen LogP contribution in [-0.2, 0) is 14.3 Å². The largest absolute Gasteiger partial charge is 0.481 e. The second-order valence-electron chi connectivity index (χ2n) is 4.02. The standard InChI is InChI=1S/C10H14F3NO4S/c11-10(12,13)6-19-5-8(15)14-1-2-18-4-7(14)3-9(16)17/h7H,1-6H2,(H,16,17). The number of hydrogen-bond acceptors (Lipinski definition) is 4. The number of amides is 1. The first-order valence-corrected chi connectivity index (χ1v) is 6.68. The first-order chi connectivity index (χ1) is 8.79. The highest BCUT2D eigenvalue weighted by Crippen LogP contribution is 2.22. The number of ether oxygens (including phenoxy) is 1. The number of carboxylic acids is 1. The fourth-order valence-electron chi connectivity index (χ4n) is 1.69. The number of nitrogens with zero attached hydrogens (tertiary/aromatic N) is 1. The predicted molar refractivity (Wildman–Crippen MR) is 62.0 cm³/mol. The minimum atomic E-state index is -4.31. The van der Waals surface area contributed by atoms with Crippen LogP contribution in [0, 0.1) is 0 Å². The summed E-state index contributed by atoms with van der Waals surface area (Å²) in [6.07, 6.45) is -4.58. The van der Waals surface area contributed by atoms with Crippen molar-refractivity contribution in [1.82, 2.24) is 4.90 Å². The average Bonchev–Trinajstić information content (AvgIpc) is 2.27. The third kappa shape index (κ3) is 6.15. The number of carbonyl (C=O) groups excluding carboxylic acids is 1. The smallest absolute Gasteiger partial charge is 0.397 e. The molecule has 0 aromatic rings. The second kappa shape index (κ2) is 6.99. The Hall–Kier alpha value is -0.960. The monoisotopic (exact) mass is 301 g/mol. The van der Waals surface area contributed by atoms with Crippen LogP contribution in [0.5, 0.6) is 0 Å². The van der Waals surface area contributed by atoms with Crippen LogP contribution in [0.1, 0.15) is 6.42 Å². The molecule has 0 radical (unpaired) electrons. The molecule has 1 unspecified atom stereocenters. The summed E-state index contributed by atoms with van der Waals surface area (Å²) >= 11 is 0.478. The Kier molecular flexibility index (Phi) is 5.92. The molecule has 0 bridgehead atoms. The SMILES string of the molecule is O=C(O)CC1COCCN1C(=O)CSCC(F)(F)F. The number of thioether (sulfide) groups is 1. The maximum Gasteiger partial charge on any atom is 0.397 e. The van der Waals surface area contributed by atoms with Crippen molar-refractivity contribution < 1.29 is 32.6 Å². The molecule has 0 spiro atoms. The Morgan fingerprint density at radius 1 is 1.42 bits per heavy atom. The van der Waals surface area contributed by atoms with Crippen molar-refractivity contribution in [3.05, 3.63) is 0 Å². The van der Waals surface area contributed by atoms with Gasteiger partial charge in [-0.15, -0.1) is 11.8 Å². The molecular formula is C10H14F3NO4S. The van der Waals surface area contributed by atoms with Crippen molar-refractivity contribution in [3.8, 4) is 0 Å². The third-order valence-electron chi connectivity index (χ3n) is 2.45. The summed E-state index contributed by atoms with van der Waals surface area (Å²) in [5, 5.41) is 8.70. The van der Waals surface area contributed by atoms with E-state index in [0.29, 0.717) is 11.8 Å². The molecule has 0 saturated carbocycles. The molecule has 1 fully saturated rings. The molecule has 110 valence electrons. The first-order valence-electron chi connectivity index (χ1n) is 5.53. The van der Waals surface area contributed by atoms with Crippen molar-refractivity contribution in [2.45, 2.75) is 18.6 Å². The molecule has 1 atom stereocenters. The number of halogens is 3. The van der Waals surface area contributed by atoms with Gasteiger partial charge >= 0.3 is 12.1 Å². The molecule has 0 aromatic carbocycles. The number of aliphatic carboxylic acids is 1. The number of carbonyl (C=O) groups is 2. The van der Waals surface area contributed by atoms with Gasteiger partial charge in [0.05, 0.1) is 37.2 Å². The van der Waals surface area contributed by atoms with Crippen molar-refractivity contribution in [1.29, 1.82) is 0 Å². The second-order valence-corrected chi connectivity index (χ2v) is 5.01. The van der Waals surface area contributed by atoms with Gasteiger partial charge in [0.1, 0.15) is 0 Å². The van der Waals surface area contributed by atoms with Crippen molar-refractivity contribution in [2.24, 2.45) is 0 Å². The first kappa shape index (κ1) is 16.1. The van der Waals surface area contributed by atoms with Gasteiger partial charge in [-0.3, -0.25) is 9.59 Å². The van der Waals surface area contributed by atoms with Crippen LogP contribution < -0.4 is 0 Å². The van der Waals surface area contributed by atoms with Crippen molar-refractivity contribution in [3.63, 3.8) is 0 Å². The summed E-state index contributed by atoms with van der Waals surface area (Å²) in [6, 6.07) is -0.606. The molecule has 0 aromatic heterocycles. The molecule has 1 aliphatic rings. The van der Waals surface area contributed by atoms with Gasteiger partial charge in [-0.05, 0) is 0 Å². The van der Waals surface area contributed by atoms with E-state index in [-0.39, 0.29) is 31.9 Å². The van der Waals surface area contributed by atoms with E-state index in [2.05, 4.69) is 0 Å². The lowest BCUT2D eigenvalue weighted by atomic mass is 10.1. The van der Waals surface area contributed by atoms with E-state index in [0.717, 1.165) is 0 Å². The fourth-order valence-corrected chi connectivity index (χ4v) is 2.36. The minimum absolute atomic E-state index is 0.0992. The summed E-state index contributed by atoms with van der Waals surface area (Å²) in [7, 11) is 0. The van der Waals surface area contributed by atoms with Crippen LogP contribution in [0.4, 0.5) is 13.2 Å². The molecule has 1 amide bonds. The van der Waals surface area contributed by atoms with Gasteiger partial charge in [0.25, 0.3) is 0 Å². The zero-order valence-electron chi connectivity index (χ0n) is 9.98. The van der Waals surface area contributed by atoms with Gasteiger partial charge in [0, 0.05) is 6.54 Å². The van der Waals surface area contributed by atoms with Gasteiger partial charge in [-0.1, -0.05) is 0 Å². The number of rotatable bonds is 5. The van der Waals surface area contributed by atoms with E-state index in [1.54, 1.807) is 0 Å². The Labute approximate surface area is 112 Å². The Balaban J connectivity index is 2.45. The van der Waals surface area contributed by atoms with Crippen LogP contribution in [0.25, 0.3) is 0 Å². The summed E-state index contributed by atoms with van der Waals surface area (Å²) in [5.41, 5.74) is 0. The zero-order valence-corrected chi connectivity index (χ0v) is 10.8. The maximum absolute atomic E-state index is 12.0. The van der Waals surface area contributed by atoms with E-state index in [1.807, 2.05) is 0 Å². The lowest BCUT2D eigenvalue weighted by Gasteiger charge is -2.34. The van der Waals surface area contributed by atoms with E-state index in [9.17, 15) is 22.8 Å². The average molecular weight is 301 g/mol. The highest BCUT2D eigenvalue weighted by molar-refractivity contribution is 8.00. The molecule has 0 aliphatic carbocycles. The van der Waals surface area contributed by atoms with E-state index in [1.165, 1.54) is 4.90 Å². The summed E-state index contributed by atoms with van der Waals surface area (Å²) in [6.45, 7) is 0.580. The molecular weight excluding hydrogens is 287 g/mol. The Morgan fingerprint density at radius 3 is 2.68 bits per heavy atom. The molecule has 5 nitrogen and oxygen atoms in total. The van der Waals surface area contributed by atoms with Gasteiger partial charge in [-0.2, -0.15) is 13.2 Å². The fraction of sp³-hybridized carbons (Fsp3) is 0.800. The maximum atomic E-state index is 12.0. The number of hydrogen-bond donors (Lipinski definition) is 1. The quantitative estimate of drug-likeness (QED) is 0.820. The highest BCUT2D eigenvalue weighted by Gasteiger charge is 2.31. The molecule has 1 heterocycles. The Morgan fingerprint density at radius 2 is 2.11 bits per heavy atom. The van der Waals surface area contributed by atoms with Gasteiger partial charge < -0.3 is 14.7 Å². The van der Waals surface area contributed by atoms with Crippen molar-refractivity contribution in [2.75, 3.05) is 31.3 Å². The van der Waals surface area contributed by atoms with E-state index < -0.39 is 29.8 Å². The predicted octanol–water partition coefficient (Wildman–Crippen LogP) is 0.984. The van der Waals surface area contributed by atoms with Crippen LogP contribution in [0.2, 0.25) is 0 Å². The summed E-state index contributed by atoms with van der Waals surface area (Å²) < 4.78 is 40.9. The summed E-state index contributed by atoms with van der Waals surface area (Å²) in [4.78, 5) is 23.7. The van der Waals surface area contributed by atoms with Crippen LogP contribution in [-0.4, -0.2) is 65.4 Å². The van der Waals surface area contributed by atoms with Crippen LogP contribution in [0.3, 0.4) is 0 Å². The Bertz CT molecular complexity index is 337.